The smallest absolute Gasteiger partial charge is 0.0972 e. The topological polar surface area (TPSA) is 0 Å². The van der Waals surface area contributed by atoms with Crippen LogP contribution in [-0.4, -0.2) is 0 Å². The zero-order valence-corrected chi connectivity index (χ0v) is 12.0. The monoisotopic (exact) mass is 276 g/mol. The molecule has 0 unspecified atom stereocenters. The lowest BCUT2D eigenvalue weighted by Crippen LogP contribution is -2.10. The highest BCUT2D eigenvalue weighted by Crippen LogP contribution is 2.36. The van der Waals surface area contributed by atoms with Crippen molar-refractivity contribution < 1.29 is 8.78 Å². The summed E-state index contributed by atoms with van der Waals surface area (Å²) < 4.78 is 25.7. The third-order valence-corrected chi connectivity index (χ3v) is 4.28. The predicted molar refractivity (Wildman–Crippen MR) is 80.8 cm³/mol. The van der Waals surface area contributed by atoms with E-state index in [4.69, 9.17) is 0 Å². The van der Waals surface area contributed by atoms with Gasteiger partial charge in [-0.25, -0.2) is 8.78 Å². The Hall–Kier alpha value is -1.44. The SMILES string of the molecule is C=C(F)C/C(=C\F)c1ccc(C2CCC(C)CC2)cc1. The average molecular weight is 276 g/mol. The van der Waals surface area contributed by atoms with Crippen LogP contribution < -0.4 is 0 Å². The molecule has 108 valence electrons. The van der Waals surface area contributed by atoms with Gasteiger partial charge in [0.2, 0.25) is 0 Å². The summed E-state index contributed by atoms with van der Waals surface area (Å²) in [6.45, 7) is 5.50. The fourth-order valence-electron chi connectivity index (χ4n) is 2.97. The Balaban J connectivity index is 2.07. The van der Waals surface area contributed by atoms with E-state index in [-0.39, 0.29) is 6.42 Å². The second-order valence-corrected chi connectivity index (χ2v) is 5.91. The van der Waals surface area contributed by atoms with Gasteiger partial charge in [-0.15, -0.1) is 0 Å². The standard InChI is InChI=1S/C18H22F2/c1-13-3-5-15(6-4-13)16-7-9-17(10-8-16)18(12-19)11-14(2)20/h7-10,12-13,15H,2-6,11H2,1H3/b18-12+. The lowest BCUT2D eigenvalue weighted by molar-refractivity contribution is 0.348. The van der Waals surface area contributed by atoms with Gasteiger partial charge in [0.25, 0.3) is 0 Å². The molecule has 1 aliphatic carbocycles. The van der Waals surface area contributed by atoms with Crippen molar-refractivity contribution >= 4 is 5.57 Å². The van der Waals surface area contributed by atoms with E-state index >= 15 is 0 Å². The Morgan fingerprint density at radius 2 is 1.80 bits per heavy atom. The van der Waals surface area contributed by atoms with Gasteiger partial charge in [0.05, 0.1) is 12.2 Å². The van der Waals surface area contributed by atoms with Gasteiger partial charge in [0, 0.05) is 6.42 Å². The van der Waals surface area contributed by atoms with Crippen LogP contribution >= 0.6 is 0 Å². The molecule has 0 atom stereocenters. The summed E-state index contributed by atoms with van der Waals surface area (Å²) in [7, 11) is 0. The summed E-state index contributed by atoms with van der Waals surface area (Å²) in [5, 5.41) is 0. The van der Waals surface area contributed by atoms with Crippen LogP contribution in [0.3, 0.4) is 0 Å². The first-order valence-corrected chi connectivity index (χ1v) is 7.33. The largest absolute Gasteiger partial charge is 0.215 e. The first kappa shape index (κ1) is 15.0. The Morgan fingerprint density at radius 3 is 2.30 bits per heavy atom. The van der Waals surface area contributed by atoms with Crippen LogP contribution in [0.15, 0.2) is 43.0 Å². The molecule has 0 saturated heterocycles. The second-order valence-electron chi connectivity index (χ2n) is 5.91. The number of halogens is 2. The summed E-state index contributed by atoms with van der Waals surface area (Å²) in [5.74, 6) is 0.940. The van der Waals surface area contributed by atoms with Crippen molar-refractivity contribution in [1.29, 1.82) is 0 Å². The molecule has 1 fully saturated rings. The number of rotatable bonds is 4. The van der Waals surface area contributed by atoms with Gasteiger partial charge in [-0.1, -0.05) is 50.6 Å². The maximum Gasteiger partial charge on any atom is 0.0972 e. The van der Waals surface area contributed by atoms with Crippen molar-refractivity contribution in [2.45, 2.75) is 44.9 Å². The molecule has 1 aromatic rings. The maximum absolute atomic E-state index is 12.8. The maximum atomic E-state index is 12.8. The summed E-state index contributed by atoms with van der Waals surface area (Å²) in [6.07, 6.45) is 5.44. The Morgan fingerprint density at radius 1 is 1.20 bits per heavy atom. The van der Waals surface area contributed by atoms with E-state index < -0.39 is 5.83 Å². The van der Waals surface area contributed by atoms with Crippen LogP contribution in [0.5, 0.6) is 0 Å². The normalized spacial score (nSPS) is 23.6. The molecule has 0 aliphatic heterocycles. The number of allylic oxidation sites excluding steroid dienone is 2. The summed E-state index contributed by atoms with van der Waals surface area (Å²) in [6, 6.07) is 7.89. The zero-order chi connectivity index (χ0) is 14.5. The van der Waals surface area contributed by atoms with E-state index in [1.54, 1.807) is 0 Å². The van der Waals surface area contributed by atoms with Crippen molar-refractivity contribution in [3.05, 3.63) is 54.1 Å². The van der Waals surface area contributed by atoms with Crippen molar-refractivity contribution in [2.24, 2.45) is 5.92 Å². The second kappa shape index (κ2) is 6.83. The molecule has 0 radical (unpaired) electrons. The molecule has 1 aromatic carbocycles. The molecule has 1 saturated carbocycles. The molecule has 0 nitrogen and oxygen atoms in total. The van der Waals surface area contributed by atoms with Gasteiger partial charge < -0.3 is 0 Å². The zero-order valence-electron chi connectivity index (χ0n) is 12.0. The highest BCUT2D eigenvalue weighted by Gasteiger charge is 2.19. The van der Waals surface area contributed by atoms with Crippen LogP contribution in [0.2, 0.25) is 0 Å². The molecule has 0 aromatic heterocycles. The molecule has 20 heavy (non-hydrogen) atoms. The lowest BCUT2D eigenvalue weighted by Gasteiger charge is -2.26. The number of hydrogen-bond acceptors (Lipinski definition) is 0. The third-order valence-electron chi connectivity index (χ3n) is 4.28. The van der Waals surface area contributed by atoms with Crippen molar-refractivity contribution in [2.75, 3.05) is 0 Å². The van der Waals surface area contributed by atoms with Crippen LogP contribution in [0, 0.1) is 5.92 Å². The van der Waals surface area contributed by atoms with E-state index in [0.29, 0.717) is 17.8 Å². The fourth-order valence-corrected chi connectivity index (χ4v) is 2.97. The van der Waals surface area contributed by atoms with Crippen LogP contribution in [0.1, 0.15) is 56.1 Å². The van der Waals surface area contributed by atoms with Crippen molar-refractivity contribution in [3.8, 4) is 0 Å². The first-order valence-electron chi connectivity index (χ1n) is 7.33. The summed E-state index contributed by atoms with van der Waals surface area (Å²) in [5.41, 5.74) is 2.40. The highest BCUT2D eigenvalue weighted by molar-refractivity contribution is 5.66. The molecular formula is C18H22F2. The van der Waals surface area contributed by atoms with E-state index in [0.717, 1.165) is 11.5 Å². The predicted octanol–water partition coefficient (Wildman–Crippen LogP) is 6.16. The molecule has 1 aliphatic rings. The molecule has 0 spiro atoms. The molecule has 2 rings (SSSR count). The van der Waals surface area contributed by atoms with E-state index in [9.17, 15) is 8.78 Å². The quantitative estimate of drug-likeness (QED) is 0.617. The number of benzene rings is 1. The minimum absolute atomic E-state index is 0.0587. The highest BCUT2D eigenvalue weighted by atomic mass is 19.1. The van der Waals surface area contributed by atoms with Crippen molar-refractivity contribution in [1.82, 2.24) is 0 Å². The molecule has 0 heterocycles. The molecule has 0 bridgehead atoms. The van der Waals surface area contributed by atoms with Crippen LogP contribution in [0.25, 0.3) is 5.57 Å². The average Bonchev–Trinajstić information content (AvgIpc) is 2.46. The van der Waals surface area contributed by atoms with Gasteiger partial charge in [0.15, 0.2) is 0 Å². The van der Waals surface area contributed by atoms with Gasteiger partial charge in [-0.05, 0) is 41.4 Å². The minimum atomic E-state index is -0.515. The van der Waals surface area contributed by atoms with Crippen molar-refractivity contribution in [3.63, 3.8) is 0 Å². The lowest BCUT2D eigenvalue weighted by atomic mass is 9.79. The fraction of sp³-hybridized carbons (Fsp3) is 0.444. The van der Waals surface area contributed by atoms with Crippen LogP contribution in [-0.2, 0) is 0 Å². The molecule has 2 heteroatoms. The van der Waals surface area contributed by atoms with Gasteiger partial charge >= 0.3 is 0 Å². The summed E-state index contributed by atoms with van der Waals surface area (Å²) >= 11 is 0. The van der Waals surface area contributed by atoms with E-state index in [2.05, 4.69) is 25.6 Å². The first-order chi connectivity index (χ1) is 9.60. The van der Waals surface area contributed by atoms with E-state index in [1.807, 2.05) is 12.1 Å². The molecule has 0 N–H and O–H groups in total. The Labute approximate surface area is 120 Å². The van der Waals surface area contributed by atoms with Gasteiger partial charge in [-0.2, -0.15) is 0 Å². The third kappa shape index (κ3) is 3.78. The van der Waals surface area contributed by atoms with Gasteiger partial charge in [0.1, 0.15) is 0 Å². The van der Waals surface area contributed by atoms with E-state index in [1.165, 1.54) is 31.2 Å². The molecular weight excluding hydrogens is 254 g/mol. The Bertz CT molecular complexity index is 477. The molecule has 0 amide bonds. The number of hydrogen-bond donors (Lipinski definition) is 0. The Kier molecular flexibility index (Phi) is 5.11. The van der Waals surface area contributed by atoms with Crippen LogP contribution in [0.4, 0.5) is 8.78 Å². The summed E-state index contributed by atoms with van der Waals surface area (Å²) in [4.78, 5) is 0. The minimum Gasteiger partial charge on any atom is -0.215 e. The van der Waals surface area contributed by atoms with Gasteiger partial charge in [-0.3, -0.25) is 0 Å².